The summed E-state index contributed by atoms with van der Waals surface area (Å²) in [4.78, 5) is 14.0. The van der Waals surface area contributed by atoms with E-state index < -0.39 is 18.1 Å². The van der Waals surface area contributed by atoms with Gasteiger partial charge in [0.25, 0.3) is 0 Å². The van der Waals surface area contributed by atoms with Gasteiger partial charge in [-0.2, -0.15) is 13.2 Å². The smallest absolute Gasteiger partial charge is 0.415 e. The van der Waals surface area contributed by atoms with Crippen LogP contribution >= 0.6 is 23.2 Å². The Balaban J connectivity index is 1.41. The summed E-state index contributed by atoms with van der Waals surface area (Å²) in [5.74, 6) is -1.81. The largest absolute Gasteiger partial charge is 0.470 e. The number of aromatic nitrogens is 2. The number of nitrogens with zero attached hydrogens (tertiary/aromatic N) is 3. The van der Waals surface area contributed by atoms with Crippen LogP contribution in [0, 0.1) is 0 Å². The minimum Gasteiger partial charge on any atom is -0.415 e. The van der Waals surface area contributed by atoms with E-state index in [1.807, 2.05) is 12.1 Å². The second-order valence-electron chi connectivity index (χ2n) is 6.54. The average molecular weight is 468 g/mol. The number of morpholine rings is 1. The third kappa shape index (κ3) is 6.46. The van der Waals surface area contributed by atoms with Crippen molar-refractivity contribution in [3.8, 4) is 0 Å². The van der Waals surface area contributed by atoms with Crippen LogP contribution in [0.1, 0.15) is 17.3 Å². The van der Waals surface area contributed by atoms with Crippen LogP contribution in [0.25, 0.3) is 0 Å². The zero-order chi connectivity index (χ0) is 21.7. The van der Waals surface area contributed by atoms with Crippen molar-refractivity contribution in [3.63, 3.8) is 0 Å². The molecule has 0 aliphatic carbocycles. The Morgan fingerprint density at radius 2 is 2.03 bits per heavy atom. The molecule has 0 spiro atoms. The van der Waals surface area contributed by atoms with Gasteiger partial charge in [0.2, 0.25) is 5.89 Å². The first-order valence-electron chi connectivity index (χ1n) is 8.90. The second kappa shape index (κ2) is 9.82. The average Bonchev–Trinajstić information content (AvgIpc) is 3.18. The van der Waals surface area contributed by atoms with Gasteiger partial charge < -0.3 is 19.8 Å². The van der Waals surface area contributed by atoms with Gasteiger partial charge in [-0.15, -0.1) is 10.2 Å². The number of rotatable bonds is 6. The lowest BCUT2D eigenvalue weighted by atomic mass is 10.2. The van der Waals surface area contributed by atoms with Gasteiger partial charge in [-0.1, -0.05) is 29.3 Å². The van der Waals surface area contributed by atoms with Gasteiger partial charge in [-0.3, -0.25) is 4.90 Å². The summed E-state index contributed by atoms with van der Waals surface area (Å²) in [7, 11) is 0. The number of hydrogen-bond donors (Lipinski definition) is 2. The van der Waals surface area contributed by atoms with Gasteiger partial charge in [0.1, 0.15) is 0 Å². The molecule has 0 unspecified atom stereocenters. The highest BCUT2D eigenvalue weighted by Gasteiger charge is 2.38. The Kier molecular flexibility index (Phi) is 7.40. The molecule has 0 radical (unpaired) electrons. The lowest BCUT2D eigenvalue weighted by molar-refractivity contribution is -0.157. The van der Waals surface area contributed by atoms with Crippen LogP contribution in [0.2, 0.25) is 10.0 Å². The summed E-state index contributed by atoms with van der Waals surface area (Å²) in [6.45, 7) is 2.35. The summed E-state index contributed by atoms with van der Waals surface area (Å²) in [5, 5.41) is 12.1. The Labute approximate surface area is 179 Å². The standard InChI is InChI=1S/C17H18Cl2F3N5O3/c18-12-2-1-10(5-13(12)19)8-27-3-4-29-11(9-27)6-23-16(28)24-7-14-25-26-15(30-14)17(20,21)22/h1-2,5,11H,3-4,6-9H2,(H2,23,24,28)/t11-/m0/s1. The first-order valence-corrected chi connectivity index (χ1v) is 9.65. The molecule has 2 N–H and O–H groups in total. The number of benzene rings is 1. The number of nitrogens with one attached hydrogen (secondary N) is 2. The van der Waals surface area contributed by atoms with Gasteiger partial charge in [0, 0.05) is 26.2 Å². The SMILES string of the molecule is O=C(NCc1nnc(C(F)(F)F)o1)NC[C@H]1CN(Cc2ccc(Cl)c(Cl)c2)CCO1. The third-order valence-electron chi connectivity index (χ3n) is 4.21. The fraction of sp³-hybridized carbons (Fsp3) is 0.471. The number of amides is 2. The third-order valence-corrected chi connectivity index (χ3v) is 4.95. The Bertz CT molecular complexity index is 881. The molecule has 1 fully saturated rings. The Morgan fingerprint density at radius 3 is 2.73 bits per heavy atom. The van der Waals surface area contributed by atoms with Crippen LogP contribution < -0.4 is 10.6 Å². The maximum atomic E-state index is 12.4. The zero-order valence-electron chi connectivity index (χ0n) is 15.5. The van der Waals surface area contributed by atoms with E-state index in [1.54, 1.807) is 6.07 Å². The monoisotopic (exact) mass is 467 g/mol. The highest BCUT2D eigenvalue weighted by Crippen LogP contribution is 2.27. The maximum Gasteiger partial charge on any atom is 0.470 e. The number of ether oxygens (including phenoxy) is 1. The summed E-state index contributed by atoms with van der Waals surface area (Å²) in [6, 6.07) is 4.85. The number of halogens is 5. The predicted molar refractivity (Wildman–Crippen MR) is 101 cm³/mol. The molecule has 3 rings (SSSR count). The van der Waals surface area contributed by atoms with E-state index in [0.29, 0.717) is 29.7 Å². The molecule has 13 heteroatoms. The lowest BCUT2D eigenvalue weighted by Crippen LogP contribution is -2.48. The van der Waals surface area contributed by atoms with Crippen LogP contribution in [0.5, 0.6) is 0 Å². The van der Waals surface area contributed by atoms with Gasteiger partial charge in [-0.25, -0.2) is 4.79 Å². The number of urea groups is 1. The molecule has 30 heavy (non-hydrogen) atoms. The van der Waals surface area contributed by atoms with Crippen molar-refractivity contribution < 1.29 is 27.1 Å². The van der Waals surface area contributed by atoms with E-state index >= 15 is 0 Å². The van der Waals surface area contributed by atoms with Crippen molar-refractivity contribution in [3.05, 3.63) is 45.6 Å². The summed E-state index contributed by atoms with van der Waals surface area (Å²) >= 11 is 12.0. The van der Waals surface area contributed by atoms with E-state index in [4.69, 9.17) is 27.9 Å². The van der Waals surface area contributed by atoms with Crippen LogP contribution in [0.15, 0.2) is 22.6 Å². The van der Waals surface area contributed by atoms with Crippen molar-refractivity contribution in [2.75, 3.05) is 26.2 Å². The molecule has 0 saturated carbocycles. The fourth-order valence-corrected chi connectivity index (χ4v) is 3.13. The number of alkyl halides is 3. The summed E-state index contributed by atoms with van der Waals surface area (Å²) < 4.78 is 47.3. The lowest BCUT2D eigenvalue weighted by Gasteiger charge is -2.33. The van der Waals surface area contributed by atoms with Crippen molar-refractivity contribution in [1.29, 1.82) is 0 Å². The number of carbonyl (C=O) groups is 1. The summed E-state index contributed by atoms with van der Waals surface area (Å²) in [6.07, 6.45) is -4.97. The van der Waals surface area contributed by atoms with Crippen LogP contribution in [0.4, 0.5) is 18.0 Å². The zero-order valence-corrected chi connectivity index (χ0v) is 17.0. The Morgan fingerprint density at radius 1 is 1.23 bits per heavy atom. The van der Waals surface area contributed by atoms with E-state index in [9.17, 15) is 18.0 Å². The van der Waals surface area contributed by atoms with Crippen molar-refractivity contribution in [2.45, 2.75) is 25.4 Å². The molecule has 0 bridgehead atoms. The molecule has 2 aromatic rings. The van der Waals surface area contributed by atoms with Crippen LogP contribution in [-0.2, 0) is 24.0 Å². The molecule has 1 atom stereocenters. The van der Waals surface area contributed by atoms with Crippen molar-refractivity contribution in [2.24, 2.45) is 0 Å². The number of carbonyl (C=O) groups excluding carboxylic acids is 1. The molecular formula is C17H18Cl2F3N5O3. The molecule has 164 valence electrons. The Hall–Kier alpha value is -2.08. The topological polar surface area (TPSA) is 92.5 Å². The molecule has 1 aromatic heterocycles. The molecule has 2 heterocycles. The molecule has 1 saturated heterocycles. The highest BCUT2D eigenvalue weighted by atomic mass is 35.5. The van der Waals surface area contributed by atoms with Crippen molar-refractivity contribution in [1.82, 2.24) is 25.7 Å². The normalized spacial score (nSPS) is 17.7. The molecule has 1 aromatic carbocycles. The first kappa shape index (κ1) is 22.6. The second-order valence-corrected chi connectivity index (χ2v) is 7.35. The van der Waals surface area contributed by atoms with Gasteiger partial charge in [0.05, 0.1) is 29.3 Å². The van der Waals surface area contributed by atoms with E-state index in [-0.39, 0.29) is 25.1 Å². The highest BCUT2D eigenvalue weighted by molar-refractivity contribution is 6.42. The summed E-state index contributed by atoms with van der Waals surface area (Å²) in [5.41, 5.74) is 1.01. The molecule has 1 aliphatic rings. The van der Waals surface area contributed by atoms with Crippen LogP contribution in [0.3, 0.4) is 0 Å². The quantitative estimate of drug-likeness (QED) is 0.677. The first-order chi connectivity index (χ1) is 14.2. The molecule has 8 nitrogen and oxygen atoms in total. The minimum absolute atomic E-state index is 0.224. The van der Waals surface area contributed by atoms with Gasteiger partial charge in [-0.05, 0) is 17.7 Å². The maximum absolute atomic E-state index is 12.4. The molecular weight excluding hydrogens is 450 g/mol. The van der Waals surface area contributed by atoms with E-state index in [0.717, 1.165) is 12.1 Å². The molecule has 2 amide bonds. The number of hydrogen-bond acceptors (Lipinski definition) is 6. The predicted octanol–water partition coefficient (Wildman–Crippen LogP) is 3.10. The fourth-order valence-electron chi connectivity index (χ4n) is 2.81. The van der Waals surface area contributed by atoms with Crippen LogP contribution in [-0.4, -0.2) is 53.5 Å². The minimum atomic E-state index is -4.73. The molecule has 1 aliphatic heterocycles. The van der Waals surface area contributed by atoms with E-state index in [2.05, 4.69) is 30.1 Å². The van der Waals surface area contributed by atoms with Gasteiger partial charge >= 0.3 is 18.1 Å². The van der Waals surface area contributed by atoms with Gasteiger partial charge in [0.15, 0.2) is 0 Å². The van der Waals surface area contributed by atoms with E-state index in [1.165, 1.54) is 0 Å². The van der Waals surface area contributed by atoms with Crippen molar-refractivity contribution >= 4 is 29.2 Å².